The predicted octanol–water partition coefficient (Wildman–Crippen LogP) is 5.14. The summed E-state index contributed by atoms with van der Waals surface area (Å²) in [4.78, 5) is 7.56. The zero-order chi connectivity index (χ0) is 19.2. The molecule has 1 unspecified atom stereocenters. The number of benzene rings is 3. The van der Waals surface area contributed by atoms with Crippen molar-refractivity contribution in [1.82, 2.24) is 9.97 Å². The lowest BCUT2D eigenvalue weighted by Gasteiger charge is -2.19. The zero-order valence-corrected chi connectivity index (χ0v) is 15.8. The number of H-pyrrole nitrogens is 1. The third-order valence-electron chi connectivity index (χ3n) is 5.11. The molecule has 0 bridgehead atoms. The van der Waals surface area contributed by atoms with Crippen molar-refractivity contribution in [3.63, 3.8) is 0 Å². The van der Waals surface area contributed by atoms with Gasteiger partial charge in [0.25, 0.3) is 0 Å². The maximum atomic E-state index is 9.46. The molecule has 3 nitrogen and oxygen atoms in total. The van der Waals surface area contributed by atoms with Crippen molar-refractivity contribution < 1.29 is 5.11 Å². The molecule has 4 rings (SSSR count). The van der Waals surface area contributed by atoms with Gasteiger partial charge in [0.2, 0.25) is 0 Å². The highest BCUT2D eigenvalue weighted by Crippen LogP contribution is 2.27. The van der Waals surface area contributed by atoms with E-state index in [0.717, 1.165) is 29.8 Å². The first-order chi connectivity index (χ1) is 13.8. The third kappa shape index (κ3) is 4.38. The van der Waals surface area contributed by atoms with Gasteiger partial charge in [0, 0.05) is 18.0 Å². The molecule has 0 fully saturated rings. The van der Waals surface area contributed by atoms with Crippen LogP contribution in [-0.4, -0.2) is 15.1 Å². The summed E-state index contributed by atoms with van der Waals surface area (Å²) in [5.74, 6) is 1.26. The summed E-state index contributed by atoms with van der Waals surface area (Å²) in [5, 5.41) is 9.46. The van der Waals surface area contributed by atoms with Crippen molar-refractivity contribution in [2.24, 2.45) is 0 Å². The fourth-order valence-electron chi connectivity index (χ4n) is 3.73. The second kappa shape index (κ2) is 8.68. The summed E-state index contributed by atoms with van der Waals surface area (Å²) in [7, 11) is 0. The Balaban J connectivity index is 1.62. The molecule has 0 saturated carbocycles. The maximum Gasteiger partial charge on any atom is 0.137 e. The molecule has 0 aliphatic rings. The summed E-state index contributed by atoms with van der Waals surface area (Å²) in [5.41, 5.74) is 5.95. The van der Waals surface area contributed by atoms with E-state index in [4.69, 9.17) is 0 Å². The van der Waals surface area contributed by atoms with Crippen LogP contribution in [0.4, 0.5) is 0 Å². The Labute approximate surface area is 165 Å². The smallest absolute Gasteiger partial charge is 0.137 e. The molecular formula is C25H24N2O. The second-order valence-corrected chi connectivity index (χ2v) is 7.13. The van der Waals surface area contributed by atoms with E-state index in [1.165, 1.54) is 16.7 Å². The fourth-order valence-corrected chi connectivity index (χ4v) is 3.73. The lowest BCUT2D eigenvalue weighted by molar-refractivity contribution is 0.281. The topological polar surface area (TPSA) is 48.9 Å². The maximum absolute atomic E-state index is 9.46. The highest BCUT2D eigenvalue weighted by molar-refractivity contribution is 5.56. The molecule has 28 heavy (non-hydrogen) atoms. The van der Waals surface area contributed by atoms with Crippen molar-refractivity contribution in [3.05, 3.63) is 114 Å². The molecule has 2 N–H and O–H groups in total. The van der Waals surface area contributed by atoms with Gasteiger partial charge in [-0.1, -0.05) is 72.8 Å². The van der Waals surface area contributed by atoms with E-state index in [-0.39, 0.29) is 6.61 Å². The van der Waals surface area contributed by atoms with Crippen molar-refractivity contribution in [1.29, 1.82) is 0 Å². The molecule has 0 aliphatic carbocycles. The normalized spacial score (nSPS) is 12.0. The van der Waals surface area contributed by atoms with Gasteiger partial charge in [-0.3, -0.25) is 0 Å². The SMILES string of the molecule is OCc1cccc(CC(Cc2cccc(-c3ncc[nH]3)c2)c2ccccc2)c1. The van der Waals surface area contributed by atoms with Gasteiger partial charge in [-0.2, -0.15) is 0 Å². The van der Waals surface area contributed by atoms with Crippen molar-refractivity contribution >= 4 is 0 Å². The summed E-state index contributed by atoms with van der Waals surface area (Å²) >= 11 is 0. The van der Waals surface area contributed by atoms with Crippen LogP contribution in [0, 0.1) is 0 Å². The van der Waals surface area contributed by atoms with Gasteiger partial charge in [0.05, 0.1) is 6.61 Å². The third-order valence-corrected chi connectivity index (χ3v) is 5.11. The van der Waals surface area contributed by atoms with Crippen LogP contribution in [0.1, 0.15) is 28.2 Å². The minimum absolute atomic E-state index is 0.0784. The van der Waals surface area contributed by atoms with Gasteiger partial charge in [0.1, 0.15) is 5.82 Å². The molecule has 1 aromatic heterocycles. The molecule has 4 aromatic rings. The standard InChI is InChI=1S/C25H24N2O/c28-18-21-8-4-6-19(14-21)16-24(22-9-2-1-3-10-22)17-20-7-5-11-23(15-20)25-26-12-13-27-25/h1-15,24,28H,16-18H2,(H,26,27). The first kappa shape index (κ1) is 18.2. The van der Waals surface area contributed by atoms with Gasteiger partial charge >= 0.3 is 0 Å². The first-order valence-corrected chi connectivity index (χ1v) is 9.64. The summed E-state index contributed by atoms with van der Waals surface area (Å²) in [6.07, 6.45) is 5.51. The molecule has 1 atom stereocenters. The number of aromatic amines is 1. The fraction of sp³-hybridized carbons (Fsp3) is 0.160. The Morgan fingerprint density at radius 3 is 2.21 bits per heavy atom. The van der Waals surface area contributed by atoms with Gasteiger partial charge in [-0.05, 0) is 47.1 Å². The van der Waals surface area contributed by atoms with Crippen LogP contribution < -0.4 is 0 Å². The number of aliphatic hydroxyl groups excluding tert-OH is 1. The van der Waals surface area contributed by atoms with Crippen molar-refractivity contribution in [2.75, 3.05) is 0 Å². The van der Waals surface area contributed by atoms with Crippen LogP contribution in [0.3, 0.4) is 0 Å². The Kier molecular flexibility index (Phi) is 5.64. The minimum atomic E-state index is 0.0784. The number of nitrogens with zero attached hydrogens (tertiary/aromatic N) is 1. The number of nitrogens with one attached hydrogen (secondary N) is 1. The van der Waals surface area contributed by atoms with Crippen molar-refractivity contribution in [2.45, 2.75) is 25.4 Å². The summed E-state index contributed by atoms with van der Waals surface area (Å²) in [6.45, 7) is 0.0784. The van der Waals surface area contributed by atoms with E-state index in [9.17, 15) is 5.11 Å². The van der Waals surface area contributed by atoms with Gasteiger partial charge in [-0.25, -0.2) is 4.98 Å². The second-order valence-electron chi connectivity index (χ2n) is 7.13. The highest BCUT2D eigenvalue weighted by Gasteiger charge is 2.14. The van der Waals surface area contributed by atoms with Crippen LogP contribution in [-0.2, 0) is 19.4 Å². The van der Waals surface area contributed by atoms with Crippen LogP contribution >= 0.6 is 0 Å². The van der Waals surface area contributed by atoms with E-state index in [2.05, 4.69) is 76.7 Å². The first-order valence-electron chi connectivity index (χ1n) is 9.64. The molecule has 0 aliphatic heterocycles. The highest BCUT2D eigenvalue weighted by atomic mass is 16.3. The largest absolute Gasteiger partial charge is 0.392 e. The van der Waals surface area contributed by atoms with Crippen LogP contribution in [0.15, 0.2) is 91.3 Å². The van der Waals surface area contributed by atoms with Crippen LogP contribution in [0.25, 0.3) is 11.4 Å². The van der Waals surface area contributed by atoms with Crippen LogP contribution in [0.2, 0.25) is 0 Å². The number of hydrogen-bond donors (Lipinski definition) is 2. The van der Waals surface area contributed by atoms with Crippen molar-refractivity contribution in [3.8, 4) is 11.4 Å². The van der Waals surface area contributed by atoms with E-state index in [0.29, 0.717) is 5.92 Å². The number of imidazole rings is 1. The van der Waals surface area contributed by atoms with Gasteiger partial charge < -0.3 is 10.1 Å². The zero-order valence-electron chi connectivity index (χ0n) is 15.8. The van der Waals surface area contributed by atoms with E-state index in [1.807, 2.05) is 18.3 Å². The molecule has 3 heteroatoms. The number of hydrogen-bond acceptors (Lipinski definition) is 2. The van der Waals surface area contributed by atoms with E-state index in [1.54, 1.807) is 6.20 Å². The number of aliphatic hydroxyl groups is 1. The summed E-state index contributed by atoms with van der Waals surface area (Å²) < 4.78 is 0. The average Bonchev–Trinajstić information content (AvgIpc) is 3.29. The quantitative estimate of drug-likeness (QED) is 0.475. The number of rotatable bonds is 7. The number of aromatic nitrogens is 2. The molecular weight excluding hydrogens is 344 g/mol. The Morgan fingerprint density at radius 2 is 1.50 bits per heavy atom. The monoisotopic (exact) mass is 368 g/mol. The Morgan fingerprint density at radius 1 is 0.786 bits per heavy atom. The van der Waals surface area contributed by atoms with E-state index >= 15 is 0 Å². The molecule has 1 heterocycles. The molecule has 3 aromatic carbocycles. The minimum Gasteiger partial charge on any atom is -0.392 e. The molecule has 140 valence electrons. The summed E-state index contributed by atoms with van der Waals surface area (Å²) in [6, 6.07) is 27.5. The van der Waals surface area contributed by atoms with E-state index < -0.39 is 0 Å². The lowest BCUT2D eigenvalue weighted by atomic mass is 9.86. The Hall–Kier alpha value is -3.17. The Bertz CT molecular complexity index is 1010. The predicted molar refractivity (Wildman–Crippen MR) is 113 cm³/mol. The molecule has 0 spiro atoms. The van der Waals surface area contributed by atoms with Gasteiger partial charge in [-0.15, -0.1) is 0 Å². The van der Waals surface area contributed by atoms with Crippen LogP contribution in [0.5, 0.6) is 0 Å². The molecule has 0 saturated heterocycles. The van der Waals surface area contributed by atoms with Gasteiger partial charge in [0.15, 0.2) is 0 Å². The molecule has 0 amide bonds. The molecule has 0 radical (unpaired) electrons. The average molecular weight is 368 g/mol. The lowest BCUT2D eigenvalue weighted by Crippen LogP contribution is -2.07.